The van der Waals surface area contributed by atoms with Crippen molar-refractivity contribution >= 4 is 12.0 Å². The molecule has 1 aromatic carbocycles. The highest BCUT2D eigenvalue weighted by Gasteiger charge is 2.45. The Bertz CT molecular complexity index is 628. The van der Waals surface area contributed by atoms with Crippen LogP contribution >= 0.6 is 0 Å². The number of aromatic hydroxyl groups is 1. The van der Waals surface area contributed by atoms with Gasteiger partial charge in [0.05, 0.1) is 13.7 Å². The summed E-state index contributed by atoms with van der Waals surface area (Å²) < 4.78 is 14.9. The number of hydrogen-bond donors (Lipinski definition) is 5. The predicted octanol–water partition coefficient (Wildman–Crippen LogP) is -1.24. The van der Waals surface area contributed by atoms with Crippen LogP contribution in [0.2, 0.25) is 0 Å². The number of esters is 1. The molecule has 2 rings (SSSR count). The van der Waals surface area contributed by atoms with Crippen molar-refractivity contribution in [2.24, 2.45) is 0 Å². The smallest absolute Gasteiger partial charge is 0.331 e. The number of aliphatic hydroxyl groups excluding tert-OH is 4. The van der Waals surface area contributed by atoms with Gasteiger partial charge in [-0.2, -0.15) is 0 Å². The Morgan fingerprint density at radius 1 is 1.28 bits per heavy atom. The topological polar surface area (TPSA) is 146 Å². The van der Waals surface area contributed by atoms with Gasteiger partial charge in [-0.15, -0.1) is 0 Å². The summed E-state index contributed by atoms with van der Waals surface area (Å²) in [5.41, 5.74) is 0.543. The number of hydrogen-bond acceptors (Lipinski definition) is 9. The van der Waals surface area contributed by atoms with E-state index in [9.17, 15) is 30.3 Å². The van der Waals surface area contributed by atoms with E-state index in [0.717, 1.165) is 6.08 Å². The molecule has 9 heteroatoms. The highest BCUT2D eigenvalue weighted by molar-refractivity contribution is 5.87. The van der Waals surface area contributed by atoms with Crippen molar-refractivity contribution < 1.29 is 44.5 Å². The molecule has 9 nitrogen and oxygen atoms in total. The molecule has 1 aliphatic rings. The number of ether oxygens (including phenoxy) is 3. The fraction of sp³-hybridized carbons (Fsp3) is 0.438. The maximum atomic E-state index is 11.9. The van der Waals surface area contributed by atoms with E-state index in [1.54, 1.807) is 0 Å². The van der Waals surface area contributed by atoms with E-state index >= 15 is 0 Å². The van der Waals surface area contributed by atoms with Gasteiger partial charge in [0.15, 0.2) is 23.9 Å². The zero-order valence-corrected chi connectivity index (χ0v) is 13.3. The summed E-state index contributed by atoms with van der Waals surface area (Å²) in [5.74, 6) is -0.686. The Balaban J connectivity index is 2.05. The minimum Gasteiger partial charge on any atom is -0.504 e. The molecule has 0 aromatic heterocycles. The number of benzene rings is 1. The zero-order chi connectivity index (χ0) is 18.6. The maximum absolute atomic E-state index is 11.9. The molecule has 1 fully saturated rings. The van der Waals surface area contributed by atoms with Crippen LogP contribution in [0.1, 0.15) is 5.56 Å². The summed E-state index contributed by atoms with van der Waals surface area (Å²) in [7, 11) is 1.38. The minimum absolute atomic E-state index is 0.0527. The monoisotopic (exact) mass is 356 g/mol. The molecule has 25 heavy (non-hydrogen) atoms. The van der Waals surface area contributed by atoms with Crippen LogP contribution in [0.15, 0.2) is 24.3 Å². The van der Waals surface area contributed by atoms with Crippen LogP contribution in [0.25, 0.3) is 6.08 Å². The van der Waals surface area contributed by atoms with Gasteiger partial charge in [0.2, 0.25) is 0 Å². The number of phenols is 1. The molecule has 0 amide bonds. The van der Waals surface area contributed by atoms with Crippen molar-refractivity contribution in [3.05, 3.63) is 29.8 Å². The molecule has 5 N–H and O–H groups in total. The Hall–Kier alpha value is -2.17. The van der Waals surface area contributed by atoms with E-state index in [-0.39, 0.29) is 11.5 Å². The molecule has 0 saturated carbocycles. The lowest BCUT2D eigenvalue weighted by molar-refractivity contribution is -0.289. The molecular weight excluding hydrogens is 336 g/mol. The molecule has 5 atom stereocenters. The lowest BCUT2D eigenvalue weighted by Crippen LogP contribution is -2.59. The minimum atomic E-state index is -1.69. The summed E-state index contributed by atoms with van der Waals surface area (Å²) in [5, 5.41) is 47.6. The largest absolute Gasteiger partial charge is 0.504 e. The van der Waals surface area contributed by atoms with Crippen molar-refractivity contribution in [2.75, 3.05) is 13.7 Å². The number of carbonyl (C=O) groups excluding carboxylic acids is 1. The van der Waals surface area contributed by atoms with Gasteiger partial charge in [-0.1, -0.05) is 6.07 Å². The molecule has 0 aliphatic carbocycles. The molecule has 138 valence electrons. The molecular formula is C16H20O9. The lowest BCUT2D eigenvalue weighted by Gasteiger charge is -2.39. The van der Waals surface area contributed by atoms with E-state index in [2.05, 4.69) is 0 Å². The SMILES string of the molecule is COc1cc(/C=C/C(=O)O[C@H]2[C@H](O)[C@@H](O)[C@H](O)O[C@@H]2CO)ccc1O. The molecule has 1 aliphatic heterocycles. The Morgan fingerprint density at radius 2 is 2.00 bits per heavy atom. The third kappa shape index (κ3) is 4.47. The van der Waals surface area contributed by atoms with Gasteiger partial charge in [0, 0.05) is 6.08 Å². The van der Waals surface area contributed by atoms with E-state index in [4.69, 9.17) is 14.2 Å². The van der Waals surface area contributed by atoms with Gasteiger partial charge in [0.25, 0.3) is 0 Å². The van der Waals surface area contributed by atoms with Crippen molar-refractivity contribution in [2.45, 2.75) is 30.7 Å². The van der Waals surface area contributed by atoms with Crippen LogP contribution < -0.4 is 4.74 Å². The normalized spacial score (nSPS) is 29.6. The Labute approximate surface area is 143 Å². The number of rotatable bonds is 5. The fourth-order valence-corrected chi connectivity index (χ4v) is 2.35. The van der Waals surface area contributed by atoms with Crippen LogP contribution in [0.3, 0.4) is 0 Å². The molecule has 0 radical (unpaired) electrons. The maximum Gasteiger partial charge on any atom is 0.331 e. The first-order valence-corrected chi connectivity index (χ1v) is 7.43. The van der Waals surface area contributed by atoms with Crippen molar-refractivity contribution in [1.29, 1.82) is 0 Å². The van der Waals surface area contributed by atoms with Crippen LogP contribution in [0.4, 0.5) is 0 Å². The molecule has 1 aromatic rings. The molecule has 0 bridgehead atoms. The summed E-state index contributed by atoms with van der Waals surface area (Å²) in [4.78, 5) is 11.9. The predicted molar refractivity (Wildman–Crippen MR) is 83.6 cm³/mol. The molecule has 1 heterocycles. The van der Waals surface area contributed by atoms with Crippen LogP contribution in [0, 0.1) is 0 Å². The second kappa shape index (κ2) is 8.28. The average molecular weight is 356 g/mol. The second-order valence-electron chi connectivity index (χ2n) is 5.39. The van der Waals surface area contributed by atoms with E-state index in [1.165, 1.54) is 31.4 Å². The van der Waals surface area contributed by atoms with Gasteiger partial charge in [-0.3, -0.25) is 0 Å². The van der Waals surface area contributed by atoms with E-state index < -0.39 is 43.3 Å². The third-order valence-corrected chi connectivity index (χ3v) is 3.71. The Morgan fingerprint density at radius 3 is 2.64 bits per heavy atom. The highest BCUT2D eigenvalue weighted by Crippen LogP contribution is 2.27. The third-order valence-electron chi connectivity index (χ3n) is 3.71. The van der Waals surface area contributed by atoms with Crippen LogP contribution in [-0.4, -0.2) is 75.9 Å². The number of methoxy groups -OCH3 is 1. The van der Waals surface area contributed by atoms with Crippen LogP contribution in [-0.2, 0) is 14.3 Å². The second-order valence-corrected chi connectivity index (χ2v) is 5.39. The van der Waals surface area contributed by atoms with Crippen molar-refractivity contribution in [1.82, 2.24) is 0 Å². The fourth-order valence-electron chi connectivity index (χ4n) is 2.35. The van der Waals surface area contributed by atoms with Crippen LogP contribution in [0.5, 0.6) is 11.5 Å². The van der Waals surface area contributed by atoms with Gasteiger partial charge < -0.3 is 39.7 Å². The summed E-state index contributed by atoms with van der Waals surface area (Å²) >= 11 is 0. The van der Waals surface area contributed by atoms with Crippen molar-refractivity contribution in [3.8, 4) is 11.5 Å². The van der Waals surface area contributed by atoms with Gasteiger partial charge in [-0.25, -0.2) is 4.79 Å². The first kappa shape index (κ1) is 19.2. The Kier molecular flexibility index (Phi) is 6.34. The lowest BCUT2D eigenvalue weighted by atomic mass is 9.99. The number of aliphatic hydroxyl groups is 4. The number of carbonyl (C=O) groups is 1. The summed E-state index contributed by atoms with van der Waals surface area (Å²) in [6, 6.07) is 4.42. The van der Waals surface area contributed by atoms with Crippen molar-refractivity contribution in [3.63, 3.8) is 0 Å². The summed E-state index contributed by atoms with van der Waals surface area (Å²) in [6.45, 7) is -0.627. The molecule has 0 spiro atoms. The zero-order valence-electron chi connectivity index (χ0n) is 13.3. The quantitative estimate of drug-likeness (QED) is 0.323. The summed E-state index contributed by atoms with van der Waals surface area (Å²) in [6.07, 6.45) is -5.07. The van der Waals surface area contributed by atoms with Gasteiger partial charge in [0.1, 0.15) is 18.3 Å². The van der Waals surface area contributed by atoms with E-state index in [1.807, 2.05) is 0 Å². The van der Waals surface area contributed by atoms with Gasteiger partial charge in [-0.05, 0) is 23.8 Å². The average Bonchev–Trinajstić information content (AvgIpc) is 2.61. The molecule has 0 unspecified atom stereocenters. The first-order valence-electron chi connectivity index (χ1n) is 7.43. The number of phenolic OH excluding ortho intramolecular Hbond substituents is 1. The first-order chi connectivity index (χ1) is 11.9. The molecule has 1 saturated heterocycles. The van der Waals surface area contributed by atoms with Gasteiger partial charge >= 0.3 is 5.97 Å². The highest BCUT2D eigenvalue weighted by atomic mass is 16.7. The standard InChI is InChI=1S/C16H20O9/c1-23-10-6-8(2-4-9(10)18)3-5-12(19)25-15-11(7-17)24-16(22)14(21)13(15)20/h2-6,11,13-18,20-22H,7H2,1H3/b5-3+/t11-,13-,14-,15-,16-/m1/s1. The van der Waals surface area contributed by atoms with E-state index in [0.29, 0.717) is 5.56 Å².